The highest BCUT2D eigenvalue weighted by molar-refractivity contribution is 6.34. The molecule has 0 fully saturated rings. The summed E-state index contributed by atoms with van der Waals surface area (Å²) in [6.45, 7) is 7.76. The van der Waals surface area contributed by atoms with Gasteiger partial charge in [-0.1, -0.05) is 41.5 Å². The molecule has 1 aromatic heterocycles. The summed E-state index contributed by atoms with van der Waals surface area (Å²) in [5, 5.41) is 11.2. The lowest BCUT2D eigenvalue weighted by Crippen LogP contribution is -1.94. The summed E-state index contributed by atoms with van der Waals surface area (Å²) < 4.78 is 5.34. The Labute approximate surface area is 145 Å². The first-order valence-corrected chi connectivity index (χ1v) is 8.01. The molecule has 0 spiro atoms. The van der Waals surface area contributed by atoms with E-state index in [4.69, 9.17) is 16.1 Å². The number of aryl methyl sites for hydroxylation is 2. The molecule has 0 aliphatic carbocycles. The largest absolute Gasteiger partial charge is 0.361 e. The van der Waals surface area contributed by atoms with Gasteiger partial charge in [-0.05, 0) is 43.2 Å². The number of benzene rings is 2. The van der Waals surface area contributed by atoms with Gasteiger partial charge in [-0.15, -0.1) is 0 Å². The fraction of sp³-hybridized carbons (Fsp3) is 0.105. The number of halogens is 1. The summed E-state index contributed by atoms with van der Waals surface area (Å²) in [6, 6.07) is 12.0. The molecule has 1 aliphatic heterocycles. The van der Waals surface area contributed by atoms with Crippen molar-refractivity contribution >= 4 is 23.0 Å². The summed E-state index contributed by atoms with van der Waals surface area (Å²) in [5.74, 6) is 1.55. The predicted octanol–water partition coefficient (Wildman–Crippen LogP) is 5.59. The Balaban J connectivity index is 1.94. The third kappa shape index (κ3) is 2.27. The monoisotopic (exact) mass is 337 g/mol. The average molecular weight is 338 g/mol. The minimum absolute atomic E-state index is 0.692. The van der Waals surface area contributed by atoms with Crippen molar-refractivity contribution in [3.63, 3.8) is 0 Å². The van der Waals surface area contributed by atoms with E-state index in [1.165, 1.54) is 0 Å². The first-order valence-electron chi connectivity index (χ1n) is 7.63. The van der Waals surface area contributed by atoms with E-state index in [1.807, 2.05) is 38.1 Å². The summed E-state index contributed by atoms with van der Waals surface area (Å²) >= 11 is 6.56. The number of anilines is 2. The van der Waals surface area contributed by atoms with Crippen LogP contribution >= 0.6 is 11.6 Å². The van der Waals surface area contributed by atoms with Crippen molar-refractivity contribution in [2.45, 2.75) is 13.8 Å². The highest BCUT2D eigenvalue weighted by Gasteiger charge is 2.20. The van der Waals surface area contributed by atoms with Crippen molar-refractivity contribution in [2.24, 2.45) is 0 Å². The van der Waals surface area contributed by atoms with E-state index in [-0.39, 0.29) is 0 Å². The van der Waals surface area contributed by atoms with Crippen LogP contribution in [0.4, 0.5) is 11.4 Å². The highest BCUT2D eigenvalue weighted by Crippen LogP contribution is 2.42. The van der Waals surface area contributed by atoms with Gasteiger partial charge in [0.25, 0.3) is 0 Å². The fourth-order valence-corrected chi connectivity index (χ4v) is 3.45. The van der Waals surface area contributed by atoms with Crippen LogP contribution in [0.5, 0.6) is 0 Å². The molecule has 24 heavy (non-hydrogen) atoms. The zero-order valence-electron chi connectivity index (χ0n) is 13.4. The minimum atomic E-state index is 0.692. The number of hydrogen-bond donors (Lipinski definition) is 2. The molecule has 0 radical (unpaired) electrons. The molecule has 4 rings (SSSR count). The lowest BCUT2D eigenvalue weighted by Gasteiger charge is -2.13. The van der Waals surface area contributed by atoms with Crippen molar-refractivity contribution in [2.75, 3.05) is 10.6 Å². The van der Waals surface area contributed by atoms with Gasteiger partial charge < -0.3 is 15.2 Å². The molecular weight excluding hydrogens is 322 g/mol. The summed E-state index contributed by atoms with van der Waals surface area (Å²) in [7, 11) is 0. The van der Waals surface area contributed by atoms with E-state index in [9.17, 15) is 0 Å². The molecule has 2 aromatic carbocycles. The van der Waals surface area contributed by atoms with E-state index in [1.54, 1.807) is 0 Å². The van der Waals surface area contributed by atoms with Gasteiger partial charge in [-0.2, -0.15) is 0 Å². The Morgan fingerprint density at radius 2 is 1.83 bits per heavy atom. The van der Waals surface area contributed by atoms with Gasteiger partial charge >= 0.3 is 0 Å². The van der Waals surface area contributed by atoms with Gasteiger partial charge in [0.15, 0.2) is 0 Å². The smallest absolute Gasteiger partial charge is 0.141 e. The second-order valence-electron chi connectivity index (χ2n) is 5.85. The SMILES string of the molecule is C=C1Nc2ccc(-c3c(Cl)cccc3-c3c(C)noc3C)cc2N1. The van der Waals surface area contributed by atoms with Crippen LogP contribution < -0.4 is 10.6 Å². The molecule has 2 N–H and O–H groups in total. The molecule has 3 aromatic rings. The lowest BCUT2D eigenvalue weighted by molar-refractivity contribution is 0.393. The number of rotatable bonds is 2. The topological polar surface area (TPSA) is 50.1 Å². The first kappa shape index (κ1) is 14.8. The second-order valence-corrected chi connectivity index (χ2v) is 6.26. The van der Waals surface area contributed by atoms with Crippen LogP contribution in [-0.2, 0) is 0 Å². The predicted molar refractivity (Wildman–Crippen MR) is 98.2 cm³/mol. The highest BCUT2D eigenvalue weighted by atomic mass is 35.5. The Morgan fingerprint density at radius 1 is 1.04 bits per heavy atom. The summed E-state index contributed by atoms with van der Waals surface area (Å²) in [4.78, 5) is 0. The van der Waals surface area contributed by atoms with Gasteiger partial charge in [0.05, 0.1) is 17.1 Å². The van der Waals surface area contributed by atoms with E-state index >= 15 is 0 Å². The van der Waals surface area contributed by atoms with Gasteiger partial charge in [0.2, 0.25) is 0 Å². The number of fused-ring (bicyclic) bond motifs is 1. The van der Waals surface area contributed by atoms with Crippen LogP contribution in [-0.4, -0.2) is 5.16 Å². The Bertz CT molecular complexity index is 955. The fourth-order valence-electron chi connectivity index (χ4n) is 3.16. The quantitative estimate of drug-likeness (QED) is 0.640. The Kier molecular flexibility index (Phi) is 3.36. The normalized spacial score (nSPS) is 12.7. The second kappa shape index (κ2) is 5.42. The van der Waals surface area contributed by atoms with Crippen LogP contribution in [0.3, 0.4) is 0 Å². The molecule has 2 heterocycles. The molecule has 0 saturated heterocycles. The van der Waals surface area contributed by atoms with Crippen molar-refractivity contribution in [3.05, 3.63) is 65.3 Å². The van der Waals surface area contributed by atoms with Crippen molar-refractivity contribution in [1.82, 2.24) is 5.16 Å². The van der Waals surface area contributed by atoms with Gasteiger partial charge in [-0.3, -0.25) is 0 Å². The molecule has 0 amide bonds. The molecule has 5 heteroatoms. The van der Waals surface area contributed by atoms with Crippen LogP contribution in [0.25, 0.3) is 22.3 Å². The molecule has 4 nitrogen and oxygen atoms in total. The van der Waals surface area contributed by atoms with E-state index < -0.39 is 0 Å². The maximum Gasteiger partial charge on any atom is 0.141 e. The Hall–Kier alpha value is -2.72. The number of aromatic nitrogens is 1. The van der Waals surface area contributed by atoms with E-state index in [2.05, 4.69) is 34.5 Å². The van der Waals surface area contributed by atoms with E-state index in [0.29, 0.717) is 5.02 Å². The van der Waals surface area contributed by atoms with Gasteiger partial charge in [-0.25, -0.2) is 0 Å². The van der Waals surface area contributed by atoms with Crippen molar-refractivity contribution < 1.29 is 4.52 Å². The van der Waals surface area contributed by atoms with Crippen LogP contribution in [0.2, 0.25) is 5.02 Å². The molecular formula is C19H16ClN3O. The van der Waals surface area contributed by atoms with Crippen molar-refractivity contribution in [3.8, 4) is 22.3 Å². The summed E-state index contributed by atoms with van der Waals surface area (Å²) in [6.07, 6.45) is 0. The summed E-state index contributed by atoms with van der Waals surface area (Å²) in [5.41, 5.74) is 6.85. The molecule has 120 valence electrons. The molecule has 0 unspecified atom stereocenters. The molecule has 0 atom stereocenters. The first-order chi connectivity index (χ1) is 11.5. The van der Waals surface area contributed by atoms with Crippen LogP contribution in [0, 0.1) is 13.8 Å². The van der Waals surface area contributed by atoms with Gasteiger partial charge in [0, 0.05) is 16.1 Å². The van der Waals surface area contributed by atoms with Crippen molar-refractivity contribution in [1.29, 1.82) is 0 Å². The van der Waals surface area contributed by atoms with Crippen LogP contribution in [0.15, 0.2) is 53.3 Å². The lowest BCUT2D eigenvalue weighted by atomic mass is 9.93. The average Bonchev–Trinajstić information content (AvgIpc) is 3.07. The standard InChI is InChI=1S/C19H16ClN3O/c1-10-18(11(2)24-23-10)14-5-4-6-15(20)19(14)13-7-8-16-17(9-13)22-12(3)21-16/h4-9,21-22H,3H2,1-2H3. The maximum atomic E-state index is 6.56. The number of hydrogen-bond acceptors (Lipinski definition) is 4. The number of nitrogens with one attached hydrogen (secondary N) is 2. The van der Waals surface area contributed by atoms with Gasteiger partial charge in [0.1, 0.15) is 11.6 Å². The molecule has 0 saturated carbocycles. The zero-order valence-corrected chi connectivity index (χ0v) is 14.2. The maximum absolute atomic E-state index is 6.56. The number of nitrogens with zero attached hydrogens (tertiary/aromatic N) is 1. The molecule has 1 aliphatic rings. The third-order valence-electron chi connectivity index (χ3n) is 4.20. The Morgan fingerprint density at radius 3 is 2.58 bits per heavy atom. The zero-order chi connectivity index (χ0) is 16.8. The van der Waals surface area contributed by atoms with E-state index in [0.717, 1.165) is 50.9 Å². The molecule has 0 bridgehead atoms. The van der Waals surface area contributed by atoms with Crippen LogP contribution in [0.1, 0.15) is 11.5 Å². The minimum Gasteiger partial charge on any atom is -0.361 e. The third-order valence-corrected chi connectivity index (χ3v) is 4.51.